The minimum Gasteiger partial charge on any atom is -0.494 e. The van der Waals surface area contributed by atoms with Gasteiger partial charge in [0, 0.05) is 34.3 Å². The summed E-state index contributed by atoms with van der Waals surface area (Å²) in [6.07, 6.45) is 0. The fourth-order valence-corrected chi connectivity index (χ4v) is 3.75. The summed E-state index contributed by atoms with van der Waals surface area (Å²) >= 11 is 3.39. The molecule has 9 nitrogen and oxygen atoms in total. The summed E-state index contributed by atoms with van der Waals surface area (Å²) in [6.45, 7) is 2.60. The molecule has 0 saturated carbocycles. The number of halogens is 1. The van der Waals surface area contributed by atoms with Crippen LogP contribution in [0.15, 0.2) is 86.9 Å². The molecular formula is C26H24BrN5O4. The predicted molar refractivity (Wildman–Crippen MR) is 140 cm³/mol. The highest BCUT2D eigenvalue weighted by molar-refractivity contribution is 9.10. The van der Waals surface area contributed by atoms with Crippen LogP contribution in [-0.2, 0) is 17.9 Å². The summed E-state index contributed by atoms with van der Waals surface area (Å²) < 4.78 is 8.79. The molecule has 4 aromatic rings. The smallest absolute Gasteiger partial charge is 0.267 e. The Balaban J connectivity index is 1.38. The maximum Gasteiger partial charge on any atom is 0.267 e. The van der Waals surface area contributed by atoms with Crippen LogP contribution in [0.3, 0.4) is 0 Å². The van der Waals surface area contributed by atoms with Gasteiger partial charge in [-0.25, -0.2) is 9.36 Å². The number of aromatic nitrogens is 4. The van der Waals surface area contributed by atoms with Gasteiger partial charge in [0.2, 0.25) is 5.91 Å². The molecule has 1 N–H and O–H groups in total. The summed E-state index contributed by atoms with van der Waals surface area (Å²) in [5.74, 6) is 0.363. The summed E-state index contributed by atoms with van der Waals surface area (Å²) in [5.41, 5.74) is 2.21. The van der Waals surface area contributed by atoms with Gasteiger partial charge in [-0.05, 0) is 55.5 Å². The van der Waals surface area contributed by atoms with Crippen LogP contribution in [-0.4, -0.2) is 38.6 Å². The molecule has 0 spiro atoms. The molecule has 0 aliphatic carbocycles. The van der Waals surface area contributed by atoms with Crippen molar-refractivity contribution in [2.45, 2.75) is 20.0 Å². The summed E-state index contributed by atoms with van der Waals surface area (Å²) in [7, 11) is 0. The summed E-state index contributed by atoms with van der Waals surface area (Å²) in [4.78, 5) is 36.9. The average Bonchev–Trinajstić information content (AvgIpc) is 2.88. The van der Waals surface area contributed by atoms with Crippen LogP contribution in [0.25, 0.3) is 22.5 Å². The second-order valence-corrected chi connectivity index (χ2v) is 8.72. The first-order valence-electron chi connectivity index (χ1n) is 11.3. The molecule has 0 fully saturated rings. The fourth-order valence-electron chi connectivity index (χ4n) is 3.48. The van der Waals surface area contributed by atoms with Gasteiger partial charge in [-0.1, -0.05) is 28.1 Å². The van der Waals surface area contributed by atoms with E-state index in [-0.39, 0.29) is 30.8 Å². The number of hydrogen-bond acceptors (Lipinski definition) is 6. The van der Waals surface area contributed by atoms with Gasteiger partial charge in [0.05, 0.1) is 24.5 Å². The van der Waals surface area contributed by atoms with Gasteiger partial charge >= 0.3 is 0 Å². The van der Waals surface area contributed by atoms with E-state index in [2.05, 4.69) is 31.4 Å². The number of benzene rings is 2. The van der Waals surface area contributed by atoms with Crippen molar-refractivity contribution < 1.29 is 9.53 Å². The monoisotopic (exact) mass is 549 g/mol. The lowest BCUT2D eigenvalue weighted by Crippen LogP contribution is -2.36. The van der Waals surface area contributed by atoms with Gasteiger partial charge in [-0.2, -0.15) is 10.2 Å². The molecule has 0 aliphatic rings. The molecule has 0 aliphatic heterocycles. The van der Waals surface area contributed by atoms with Crippen molar-refractivity contribution in [1.29, 1.82) is 0 Å². The van der Waals surface area contributed by atoms with E-state index >= 15 is 0 Å². The molecule has 36 heavy (non-hydrogen) atoms. The average molecular weight is 550 g/mol. The van der Waals surface area contributed by atoms with E-state index in [0.717, 1.165) is 26.0 Å². The Kier molecular flexibility index (Phi) is 8.06. The number of amides is 1. The topological polar surface area (TPSA) is 108 Å². The van der Waals surface area contributed by atoms with Gasteiger partial charge in [0.15, 0.2) is 0 Å². The third-order valence-corrected chi connectivity index (χ3v) is 5.80. The predicted octanol–water partition coefficient (Wildman–Crippen LogP) is 3.11. The molecular weight excluding hydrogens is 526 g/mol. The van der Waals surface area contributed by atoms with Crippen molar-refractivity contribution in [3.05, 3.63) is 98.0 Å². The quantitative estimate of drug-likeness (QED) is 0.343. The van der Waals surface area contributed by atoms with Crippen LogP contribution in [0.1, 0.15) is 6.92 Å². The third-order valence-electron chi connectivity index (χ3n) is 5.27. The standard InChI is InChI=1S/C26H24BrN5O4/c1-2-36-21-9-5-19(6-10-21)22-11-13-25(34)31(29-22)16-15-28-24(33)17-32-26(35)14-12-23(30-32)18-3-7-20(27)8-4-18/h3-14H,2,15-17H2,1H3,(H,28,33). The summed E-state index contributed by atoms with van der Waals surface area (Å²) in [6, 6.07) is 21.0. The number of carbonyl (C=O) groups is 1. The molecule has 0 unspecified atom stereocenters. The minimum absolute atomic E-state index is 0.166. The lowest BCUT2D eigenvalue weighted by molar-refractivity contribution is -0.121. The molecule has 10 heteroatoms. The molecule has 0 bridgehead atoms. The van der Waals surface area contributed by atoms with Crippen LogP contribution in [0.2, 0.25) is 0 Å². The fraction of sp³-hybridized carbons (Fsp3) is 0.192. The van der Waals surface area contributed by atoms with Crippen LogP contribution < -0.4 is 21.2 Å². The molecule has 2 aromatic heterocycles. The minimum atomic E-state index is -0.395. The Bertz CT molecular complexity index is 1460. The van der Waals surface area contributed by atoms with E-state index in [9.17, 15) is 14.4 Å². The lowest BCUT2D eigenvalue weighted by atomic mass is 10.1. The van der Waals surface area contributed by atoms with Crippen molar-refractivity contribution in [1.82, 2.24) is 24.9 Å². The largest absolute Gasteiger partial charge is 0.494 e. The molecule has 0 radical (unpaired) electrons. The Hall–Kier alpha value is -4.05. The van der Waals surface area contributed by atoms with Crippen molar-refractivity contribution >= 4 is 21.8 Å². The van der Waals surface area contributed by atoms with Gasteiger partial charge in [-0.3, -0.25) is 14.4 Å². The van der Waals surface area contributed by atoms with Gasteiger partial charge in [0.25, 0.3) is 11.1 Å². The lowest BCUT2D eigenvalue weighted by Gasteiger charge is -2.10. The molecule has 0 saturated heterocycles. The van der Waals surface area contributed by atoms with Crippen LogP contribution in [0.4, 0.5) is 0 Å². The second-order valence-electron chi connectivity index (χ2n) is 7.81. The number of carbonyl (C=O) groups excluding carboxylic acids is 1. The third kappa shape index (κ3) is 6.33. The maximum atomic E-state index is 12.5. The van der Waals surface area contributed by atoms with Crippen molar-refractivity contribution in [3.8, 4) is 28.3 Å². The van der Waals surface area contributed by atoms with Crippen molar-refractivity contribution in [2.24, 2.45) is 0 Å². The van der Waals surface area contributed by atoms with E-state index in [4.69, 9.17) is 4.74 Å². The second kappa shape index (κ2) is 11.6. The van der Waals surface area contributed by atoms with E-state index in [1.807, 2.05) is 55.5 Å². The van der Waals surface area contributed by atoms with E-state index < -0.39 is 5.91 Å². The maximum absolute atomic E-state index is 12.5. The molecule has 0 atom stereocenters. The van der Waals surface area contributed by atoms with Crippen LogP contribution >= 0.6 is 15.9 Å². The molecule has 1 amide bonds. The van der Waals surface area contributed by atoms with Gasteiger partial charge in [-0.15, -0.1) is 0 Å². The van der Waals surface area contributed by atoms with Crippen LogP contribution in [0.5, 0.6) is 5.75 Å². The molecule has 2 aromatic carbocycles. The van der Waals surface area contributed by atoms with Crippen molar-refractivity contribution in [2.75, 3.05) is 13.2 Å². The highest BCUT2D eigenvalue weighted by atomic mass is 79.9. The number of nitrogens with one attached hydrogen (secondary N) is 1. The number of nitrogens with zero attached hydrogens (tertiary/aromatic N) is 4. The Labute approximate surface area is 215 Å². The summed E-state index contributed by atoms with van der Waals surface area (Å²) in [5, 5.41) is 11.4. The first-order chi connectivity index (χ1) is 17.4. The van der Waals surface area contributed by atoms with Gasteiger partial charge in [0.1, 0.15) is 12.3 Å². The van der Waals surface area contributed by atoms with E-state index in [1.165, 1.54) is 16.8 Å². The Morgan fingerprint density at radius 2 is 1.39 bits per heavy atom. The first-order valence-corrected chi connectivity index (χ1v) is 12.1. The zero-order valence-electron chi connectivity index (χ0n) is 19.6. The van der Waals surface area contributed by atoms with E-state index in [0.29, 0.717) is 18.0 Å². The zero-order chi connectivity index (χ0) is 25.5. The van der Waals surface area contributed by atoms with Gasteiger partial charge < -0.3 is 10.1 Å². The SMILES string of the molecule is CCOc1ccc(-c2ccc(=O)n(CCNC(=O)Cn3nc(-c4ccc(Br)cc4)ccc3=O)n2)cc1. The first kappa shape index (κ1) is 25.1. The Morgan fingerprint density at radius 3 is 2.00 bits per heavy atom. The number of ether oxygens (including phenoxy) is 1. The highest BCUT2D eigenvalue weighted by Crippen LogP contribution is 2.20. The van der Waals surface area contributed by atoms with Crippen LogP contribution in [0, 0.1) is 0 Å². The molecule has 184 valence electrons. The number of rotatable bonds is 9. The molecule has 4 rings (SSSR count). The van der Waals surface area contributed by atoms with Crippen molar-refractivity contribution in [3.63, 3.8) is 0 Å². The zero-order valence-corrected chi connectivity index (χ0v) is 21.1. The molecule has 2 heterocycles. The normalized spacial score (nSPS) is 10.7. The number of hydrogen-bond donors (Lipinski definition) is 1. The van der Waals surface area contributed by atoms with E-state index in [1.54, 1.807) is 12.1 Å². The Morgan fingerprint density at radius 1 is 0.833 bits per heavy atom. The highest BCUT2D eigenvalue weighted by Gasteiger charge is 2.09.